The molecule has 0 bridgehead atoms. The largest absolute Gasteiger partial charge is 0.478 e. The van der Waals surface area contributed by atoms with Gasteiger partial charge in [0.05, 0.1) is 0 Å². The van der Waals surface area contributed by atoms with E-state index in [0.29, 0.717) is 12.8 Å². The van der Waals surface area contributed by atoms with Gasteiger partial charge in [0.2, 0.25) is 0 Å². The maximum atomic E-state index is 9.60. The van der Waals surface area contributed by atoms with Gasteiger partial charge in [0, 0.05) is 48.6 Å². The minimum atomic E-state index is -0.935. The molecule has 0 aliphatic rings. The molecule has 1 aromatic rings. The van der Waals surface area contributed by atoms with E-state index >= 15 is 0 Å². The molecule has 0 saturated carbocycles. The molecule has 0 aliphatic carbocycles. The molecule has 0 amide bonds. The Morgan fingerprint density at radius 1 is 0.917 bits per heavy atom. The molecule has 0 fully saturated rings. The Hall–Kier alpha value is -2.51. The van der Waals surface area contributed by atoms with Gasteiger partial charge in [-0.25, -0.2) is 9.59 Å². The van der Waals surface area contributed by atoms with Crippen LogP contribution in [0.1, 0.15) is 25.2 Å². The van der Waals surface area contributed by atoms with Crippen molar-refractivity contribution in [3.05, 3.63) is 53.9 Å². The summed E-state index contributed by atoms with van der Waals surface area (Å²) in [6.07, 6.45) is 1.17. The number of carboxylic acids is 2. The van der Waals surface area contributed by atoms with Crippen molar-refractivity contribution in [2.75, 3.05) is 13.2 Å². The summed E-state index contributed by atoms with van der Waals surface area (Å²) in [6, 6.07) is 5.64. The van der Waals surface area contributed by atoms with Gasteiger partial charge in [-0.3, -0.25) is 4.98 Å². The maximum absolute atomic E-state index is 9.60. The van der Waals surface area contributed by atoms with Crippen molar-refractivity contribution in [1.82, 2.24) is 4.98 Å². The maximum Gasteiger partial charge on any atom is 0.330 e. The highest BCUT2D eigenvalue weighted by molar-refractivity contribution is 5.85. The third kappa shape index (κ3) is 14.4. The van der Waals surface area contributed by atoms with Crippen molar-refractivity contribution in [1.29, 1.82) is 0 Å². The summed E-state index contributed by atoms with van der Waals surface area (Å²) in [5, 5.41) is 33.1. The second kappa shape index (κ2) is 14.1. The van der Waals surface area contributed by atoms with Gasteiger partial charge in [-0.15, -0.1) is 0 Å². The first-order valence-corrected chi connectivity index (χ1v) is 7.09. The highest BCUT2D eigenvalue weighted by Gasteiger charge is 1.96. The molecule has 0 unspecified atom stereocenters. The quantitative estimate of drug-likeness (QED) is 0.577. The number of aliphatic hydroxyl groups excluding tert-OH is 2. The molecule has 7 nitrogen and oxygen atoms in total. The average Bonchev–Trinajstić information content (AvgIpc) is 2.49. The fourth-order valence-corrected chi connectivity index (χ4v) is 1.04. The third-order valence-corrected chi connectivity index (χ3v) is 2.33. The van der Waals surface area contributed by atoms with Crippen molar-refractivity contribution in [2.24, 2.45) is 0 Å². The lowest BCUT2D eigenvalue weighted by Gasteiger charge is -2.00. The van der Waals surface area contributed by atoms with Crippen LogP contribution in [0.15, 0.2) is 42.5 Å². The lowest BCUT2D eigenvalue weighted by molar-refractivity contribution is -0.133. The van der Waals surface area contributed by atoms with E-state index in [1.807, 2.05) is 18.2 Å². The number of rotatable bonds is 6. The standard InChI is InChI=1S/C9H13NO2.2C4H6O2/c11-6-4-8-2-1-3-9(10-8)5-7-12;2*1-3(2)4(5)6/h1-3,11-12H,4-7H2;2*1H2,2H3,(H,5,6). The van der Waals surface area contributed by atoms with Gasteiger partial charge in [-0.1, -0.05) is 19.2 Å². The summed E-state index contributed by atoms with van der Waals surface area (Å²) in [4.78, 5) is 23.4. The highest BCUT2D eigenvalue weighted by Crippen LogP contribution is 2.00. The zero-order valence-electron chi connectivity index (χ0n) is 14.0. The van der Waals surface area contributed by atoms with Gasteiger partial charge in [0.15, 0.2) is 0 Å². The Balaban J connectivity index is 0. The fraction of sp³-hybridized carbons (Fsp3) is 0.353. The fourth-order valence-electron chi connectivity index (χ4n) is 1.04. The van der Waals surface area contributed by atoms with Gasteiger partial charge in [0.25, 0.3) is 0 Å². The number of hydrogen-bond acceptors (Lipinski definition) is 5. The van der Waals surface area contributed by atoms with Crippen LogP contribution in [0, 0.1) is 0 Å². The first-order chi connectivity index (χ1) is 11.1. The van der Waals surface area contributed by atoms with Crippen LogP contribution in [0.25, 0.3) is 0 Å². The molecule has 1 rings (SSSR count). The first kappa shape index (κ1) is 23.8. The highest BCUT2D eigenvalue weighted by atomic mass is 16.4. The average molecular weight is 339 g/mol. The van der Waals surface area contributed by atoms with Crippen LogP contribution in [0.3, 0.4) is 0 Å². The molecule has 7 heteroatoms. The molecular weight excluding hydrogens is 314 g/mol. The number of carboxylic acid groups (broad SMARTS) is 2. The Morgan fingerprint density at radius 2 is 1.21 bits per heavy atom. The van der Waals surface area contributed by atoms with Gasteiger partial charge in [-0.05, 0) is 26.0 Å². The van der Waals surface area contributed by atoms with E-state index in [1.54, 1.807) is 0 Å². The minimum absolute atomic E-state index is 0.121. The lowest BCUT2D eigenvalue weighted by Crippen LogP contribution is -1.99. The van der Waals surface area contributed by atoms with Crippen molar-refractivity contribution in [3.8, 4) is 0 Å². The summed E-state index contributed by atoms with van der Waals surface area (Å²) in [6.45, 7) is 9.44. The van der Waals surface area contributed by atoms with Crippen LogP contribution in [0.4, 0.5) is 0 Å². The van der Waals surface area contributed by atoms with Crippen LogP contribution < -0.4 is 0 Å². The van der Waals surface area contributed by atoms with Gasteiger partial charge >= 0.3 is 11.9 Å². The monoisotopic (exact) mass is 339 g/mol. The number of pyridine rings is 1. The molecule has 0 aromatic carbocycles. The molecule has 0 atom stereocenters. The smallest absolute Gasteiger partial charge is 0.330 e. The number of aromatic nitrogens is 1. The van der Waals surface area contributed by atoms with Crippen molar-refractivity contribution in [3.63, 3.8) is 0 Å². The van der Waals surface area contributed by atoms with E-state index in [4.69, 9.17) is 20.4 Å². The van der Waals surface area contributed by atoms with Gasteiger partial charge < -0.3 is 20.4 Å². The minimum Gasteiger partial charge on any atom is -0.478 e. The summed E-state index contributed by atoms with van der Waals surface area (Å²) in [7, 11) is 0. The van der Waals surface area contributed by atoms with Gasteiger partial charge in [0.1, 0.15) is 0 Å². The summed E-state index contributed by atoms with van der Waals surface area (Å²) in [5.74, 6) is -1.87. The summed E-state index contributed by atoms with van der Waals surface area (Å²) >= 11 is 0. The second-order valence-electron chi connectivity index (χ2n) is 4.74. The third-order valence-electron chi connectivity index (χ3n) is 2.33. The lowest BCUT2D eigenvalue weighted by atomic mass is 10.2. The summed E-state index contributed by atoms with van der Waals surface area (Å²) in [5.41, 5.74) is 2.11. The molecule has 134 valence electrons. The van der Waals surface area contributed by atoms with Gasteiger partial charge in [-0.2, -0.15) is 0 Å². The number of aliphatic carboxylic acids is 2. The number of nitrogens with zero attached hydrogens (tertiary/aromatic N) is 1. The van der Waals surface area contributed by atoms with Crippen molar-refractivity contribution >= 4 is 11.9 Å². The topological polar surface area (TPSA) is 128 Å². The van der Waals surface area contributed by atoms with Crippen LogP contribution in [-0.4, -0.2) is 50.6 Å². The van der Waals surface area contributed by atoms with Crippen LogP contribution >= 0.6 is 0 Å². The molecular formula is C17H25NO6. The molecule has 4 N–H and O–H groups in total. The number of hydrogen-bond donors (Lipinski definition) is 4. The molecule has 24 heavy (non-hydrogen) atoms. The van der Waals surface area contributed by atoms with Crippen LogP contribution in [0.5, 0.6) is 0 Å². The predicted molar refractivity (Wildman–Crippen MR) is 90.7 cm³/mol. The van der Waals surface area contributed by atoms with Crippen molar-refractivity contribution in [2.45, 2.75) is 26.7 Å². The van der Waals surface area contributed by atoms with Crippen LogP contribution in [-0.2, 0) is 22.4 Å². The van der Waals surface area contributed by atoms with Crippen molar-refractivity contribution < 1.29 is 30.0 Å². The molecule has 0 spiro atoms. The van der Waals surface area contributed by atoms with E-state index in [2.05, 4.69) is 18.1 Å². The molecule has 0 radical (unpaired) electrons. The Labute approximate surface area is 141 Å². The predicted octanol–water partition coefficient (Wildman–Crippen LogP) is 1.45. The van der Waals surface area contributed by atoms with Crippen LogP contribution in [0.2, 0.25) is 0 Å². The number of carbonyl (C=O) groups is 2. The van der Waals surface area contributed by atoms with E-state index in [-0.39, 0.29) is 24.4 Å². The first-order valence-electron chi connectivity index (χ1n) is 7.09. The Morgan fingerprint density at radius 3 is 1.42 bits per heavy atom. The second-order valence-corrected chi connectivity index (χ2v) is 4.74. The molecule has 0 saturated heterocycles. The number of aliphatic hydroxyl groups is 2. The molecule has 1 aromatic heterocycles. The SMILES string of the molecule is C=C(C)C(=O)O.C=C(C)C(=O)O.OCCc1cccc(CCO)n1. The normalized spacial score (nSPS) is 8.83. The molecule has 0 aliphatic heterocycles. The Kier molecular flexibility index (Phi) is 14.0. The van der Waals surface area contributed by atoms with E-state index in [0.717, 1.165) is 11.4 Å². The zero-order chi connectivity index (χ0) is 19.1. The Bertz CT molecular complexity index is 485. The summed E-state index contributed by atoms with van der Waals surface area (Å²) < 4.78 is 0. The molecule has 1 heterocycles. The zero-order valence-corrected chi connectivity index (χ0v) is 14.0. The van der Waals surface area contributed by atoms with E-state index in [1.165, 1.54) is 13.8 Å². The van der Waals surface area contributed by atoms with E-state index < -0.39 is 11.9 Å². The van der Waals surface area contributed by atoms with E-state index in [9.17, 15) is 9.59 Å².